The van der Waals surface area contributed by atoms with Crippen molar-refractivity contribution in [2.45, 2.75) is 43.9 Å². The Balaban J connectivity index is 1.48. The van der Waals surface area contributed by atoms with Gasteiger partial charge in [-0.15, -0.1) is 0 Å². The molecule has 0 spiro atoms. The van der Waals surface area contributed by atoms with Crippen LogP contribution in [0.5, 0.6) is 0 Å². The lowest BCUT2D eigenvalue weighted by Gasteiger charge is -2.31. The van der Waals surface area contributed by atoms with Crippen LogP contribution in [0.4, 0.5) is 0 Å². The highest BCUT2D eigenvalue weighted by Gasteiger charge is 2.40. The van der Waals surface area contributed by atoms with E-state index < -0.39 is 0 Å². The molecule has 1 aromatic rings. The van der Waals surface area contributed by atoms with Gasteiger partial charge in [-0.2, -0.15) is 0 Å². The van der Waals surface area contributed by atoms with Crippen LogP contribution < -0.4 is 16.0 Å². The lowest BCUT2D eigenvalue weighted by molar-refractivity contribution is -0.123. The molecular formula is C18H26N4O2. The molecule has 0 saturated carbocycles. The third-order valence-corrected chi connectivity index (χ3v) is 5.12. The standard InChI is InChI=1S/C18H26N4O2/c1-22-14(12-21-18(24)17-15(22)9-10-19-17)7-8-16(23)20-11-13-5-3-2-4-6-13/h2-6,14-15,17,19H,7-12H2,1H3,(H,20,23)(H,21,24). The quantitative estimate of drug-likeness (QED) is 0.723. The van der Waals surface area contributed by atoms with Gasteiger partial charge in [-0.05, 0) is 32.0 Å². The molecule has 0 bridgehead atoms. The zero-order valence-corrected chi connectivity index (χ0v) is 14.1. The van der Waals surface area contributed by atoms with Crippen molar-refractivity contribution in [1.82, 2.24) is 20.9 Å². The summed E-state index contributed by atoms with van der Waals surface area (Å²) in [4.78, 5) is 26.5. The smallest absolute Gasteiger partial charge is 0.238 e. The first-order valence-corrected chi connectivity index (χ1v) is 8.69. The summed E-state index contributed by atoms with van der Waals surface area (Å²) in [6.07, 6.45) is 2.20. The number of carbonyl (C=O) groups is 2. The van der Waals surface area contributed by atoms with Crippen molar-refractivity contribution in [3.05, 3.63) is 35.9 Å². The minimum absolute atomic E-state index is 0.0592. The largest absolute Gasteiger partial charge is 0.353 e. The molecule has 2 amide bonds. The fraction of sp³-hybridized carbons (Fsp3) is 0.556. The fourth-order valence-corrected chi connectivity index (χ4v) is 3.63. The summed E-state index contributed by atoms with van der Waals surface area (Å²) in [6, 6.07) is 10.2. The number of nitrogens with one attached hydrogen (secondary N) is 3. The van der Waals surface area contributed by atoms with E-state index in [2.05, 4.69) is 27.9 Å². The van der Waals surface area contributed by atoms with E-state index in [9.17, 15) is 9.59 Å². The summed E-state index contributed by atoms with van der Waals surface area (Å²) >= 11 is 0. The molecule has 2 aliphatic heterocycles. The molecule has 6 heteroatoms. The SMILES string of the molecule is CN1C(CCC(=O)NCc2ccccc2)CNC(=O)C2NCCC21. The molecule has 24 heavy (non-hydrogen) atoms. The van der Waals surface area contributed by atoms with Gasteiger partial charge in [0.15, 0.2) is 0 Å². The van der Waals surface area contributed by atoms with Crippen LogP contribution in [0.1, 0.15) is 24.8 Å². The third-order valence-electron chi connectivity index (χ3n) is 5.12. The molecule has 130 valence electrons. The molecular weight excluding hydrogens is 304 g/mol. The average molecular weight is 330 g/mol. The van der Waals surface area contributed by atoms with Crippen molar-refractivity contribution in [2.24, 2.45) is 0 Å². The number of rotatable bonds is 5. The van der Waals surface area contributed by atoms with Crippen LogP contribution in [0, 0.1) is 0 Å². The second kappa shape index (κ2) is 7.77. The number of hydrogen-bond acceptors (Lipinski definition) is 4. The van der Waals surface area contributed by atoms with E-state index in [4.69, 9.17) is 0 Å². The van der Waals surface area contributed by atoms with Crippen LogP contribution in [-0.2, 0) is 16.1 Å². The number of nitrogens with zero attached hydrogens (tertiary/aromatic N) is 1. The minimum atomic E-state index is -0.119. The molecule has 2 aliphatic rings. The van der Waals surface area contributed by atoms with Crippen molar-refractivity contribution < 1.29 is 9.59 Å². The van der Waals surface area contributed by atoms with Crippen LogP contribution in [0.3, 0.4) is 0 Å². The number of amides is 2. The van der Waals surface area contributed by atoms with Gasteiger partial charge in [0, 0.05) is 31.6 Å². The summed E-state index contributed by atoms with van der Waals surface area (Å²) < 4.78 is 0. The van der Waals surface area contributed by atoms with E-state index in [0.717, 1.165) is 24.9 Å². The molecule has 3 unspecified atom stereocenters. The summed E-state index contributed by atoms with van der Waals surface area (Å²) in [7, 11) is 2.07. The van der Waals surface area contributed by atoms with E-state index in [0.29, 0.717) is 19.5 Å². The second-order valence-corrected chi connectivity index (χ2v) is 6.65. The molecule has 1 aromatic carbocycles. The topological polar surface area (TPSA) is 73.5 Å². The van der Waals surface area contributed by atoms with Gasteiger partial charge in [-0.1, -0.05) is 30.3 Å². The predicted molar refractivity (Wildman–Crippen MR) is 92.3 cm³/mol. The average Bonchev–Trinajstić information content (AvgIpc) is 3.06. The van der Waals surface area contributed by atoms with Gasteiger partial charge in [0.25, 0.3) is 0 Å². The normalized spacial score (nSPS) is 27.2. The Morgan fingerprint density at radius 2 is 2.12 bits per heavy atom. The highest BCUT2D eigenvalue weighted by molar-refractivity contribution is 5.83. The summed E-state index contributed by atoms with van der Waals surface area (Å²) in [5, 5.41) is 9.24. The lowest BCUT2D eigenvalue weighted by Crippen LogP contribution is -2.48. The van der Waals surface area contributed by atoms with Gasteiger partial charge in [-0.25, -0.2) is 0 Å². The van der Waals surface area contributed by atoms with Crippen LogP contribution in [-0.4, -0.2) is 55.0 Å². The van der Waals surface area contributed by atoms with Crippen molar-refractivity contribution >= 4 is 11.8 Å². The third kappa shape index (κ3) is 3.94. The summed E-state index contributed by atoms with van der Waals surface area (Å²) in [5.41, 5.74) is 1.10. The maximum atomic E-state index is 12.1. The Bertz CT molecular complexity index is 578. The number of fused-ring (bicyclic) bond motifs is 1. The lowest BCUT2D eigenvalue weighted by atomic mass is 10.0. The number of likely N-dealkylation sites (N-methyl/N-ethyl adjacent to an activating group) is 1. The molecule has 3 rings (SSSR count). The monoisotopic (exact) mass is 330 g/mol. The van der Waals surface area contributed by atoms with Crippen LogP contribution in [0.2, 0.25) is 0 Å². The Kier molecular flexibility index (Phi) is 5.48. The Hall–Kier alpha value is -1.92. The molecule has 0 radical (unpaired) electrons. The molecule has 2 heterocycles. The molecule has 2 fully saturated rings. The number of benzene rings is 1. The summed E-state index contributed by atoms with van der Waals surface area (Å²) in [6.45, 7) is 2.04. The second-order valence-electron chi connectivity index (χ2n) is 6.65. The maximum Gasteiger partial charge on any atom is 0.238 e. The first-order valence-electron chi connectivity index (χ1n) is 8.69. The Morgan fingerprint density at radius 1 is 1.33 bits per heavy atom. The van der Waals surface area contributed by atoms with Crippen molar-refractivity contribution in [3.8, 4) is 0 Å². The highest BCUT2D eigenvalue weighted by atomic mass is 16.2. The van der Waals surface area contributed by atoms with E-state index in [1.165, 1.54) is 0 Å². The molecule has 0 aliphatic carbocycles. The zero-order valence-electron chi connectivity index (χ0n) is 14.1. The van der Waals surface area contributed by atoms with Gasteiger partial charge in [0.2, 0.25) is 11.8 Å². The molecule has 3 N–H and O–H groups in total. The fourth-order valence-electron chi connectivity index (χ4n) is 3.63. The Labute approximate surface area is 143 Å². The highest BCUT2D eigenvalue weighted by Crippen LogP contribution is 2.21. The molecule has 3 atom stereocenters. The zero-order chi connectivity index (χ0) is 16.9. The number of hydrogen-bond donors (Lipinski definition) is 3. The van der Waals surface area contributed by atoms with Crippen molar-refractivity contribution in [3.63, 3.8) is 0 Å². The van der Waals surface area contributed by atoms with E-state index in [1.807, 2.05) is 30.3 Å². The molecule has 0 aromatic heterocycles. The first-order chi connectivity index (χ1) is 11.6. The minimum Gasteiger partial charge on any atom is -0.353 e. The maximum absolute atomic E-state index is 12.1. The van der Waals surface area contributed by atoms with E-state index in [1.54, 1.807) is 0 Å². The van der Waals surface area contributed by atoms with Gasteiger partial charge >= 0.3 is 0 Å². The first kappa shape index (κ1) is 16.9. The van der Waals surface area contributed by atoms with Gasteiger partial charge in [0.05, 0.1) is 0 Å². The predicted octanol–water partition coefficient (Wildman–Crippen LogP) is 0.244. The van der Waals surface area contributed by atoms with Crippen LogP contribution in [0.25, 0.3) is 0 Å². The van der Waals surface area contributed by atoms with E-state index in [-0.39, 0.29) is 29.9 Å². The molecule has 2 saturated heterocycles. The van der Waals surface area contributed by atoms with E-state index >= 15 is 0 Å². The van der Waals surface area contributed by atoms with Crippen molar-refractivity contribution in [1.29, 1.82) is 0 Å². The van der Waals surface area contributed by atoms with Crippen LogP contribution >= 0.6 is 0 Å². The van der Waals surface area contributed by atoms with Gasteiger partial charge < -0.3 is 16.0 Å². The van der Waals surface area contributed by atoms with Crippen molar-refractivity contribution in [2.75, 3.05) is 20.1 Å². The van der Waals surface area contributed by atoms with Crippen LogP contribution in [0.15, 0.2) is 30.3 Å². The molecule has 6 nitrogen and oxygen atoms in total. The summed E-state index contributed by atoms with van der Waals surface area (Å²) in [5.74, 6) is 0.143. The number of carbonyl (C=O) groups excluding carboxylic acids is 2. The van der Waals surface area contributed by atoms with Gasteiger partial charge in [0.1, 0.15) is 6.04 Å². The Morgan fingerprint density at radius 3 is 2.92 bits per heavy atom. The van der Waals surface area contributed by atoms with Gasteiger partial charge in [-0.3, -0.25) is 14.5 Å².